The van der Waals surface area contributed by atoms with Gasteiger partial charge in [0.15, 0.2) is 0 Å². The molecule has 0 aliphatic heterocycles. The van der Waals surface area contributed by atoms with E-state index >= 15 is 0 Å². The molecular formula is C19H27. The molecule has 0 fully saturated rings. The lowest BCUT2D eigenvalue weighted by atomic mass is 9.69. The molecule has 0 amide bonds. The number of hydrogen-bond donors (Lipinski definition) is 0. The third kappa shape index (κ3) is 3.49. The monoisotopic (exact) mass is 255 g/mol. The standard InChI is InChI=1S/C19H27/c1-4-11-19(12-5-2)13-9-17(10-14-19)18-8-6-7-16(3)15-18/h6-9,15H,3-5,10-14H2,1-2H3. The zero-order valence-corrected chi connectivity index (χ0v) is 12.5. The van der Waals surface area contributed by atoms with E-state index in [1.54, 1.807) is 0 Å². The number of allylic oxidation sites excluding steroid dienone is 2. The second-order valence-corrected chi connectivity index (χ2v) is 6.13. The Morgan fingerprint density at radius 2 is 1.89 bits per heavy atom. The van der Waals surface area contributed by atoms with E-state index in [4.69, 9.17) is 0 Å². The van der Waals surface area contributed by atoms with Crippen LogP contribution in [0.15, 0.2) is 30.3 Å². The van der Waals surface area contributed by atoms with Crippen LogP contribution in [-0.2, 0) is 0 Å². The van der Waals surface area contributed by atoms with Gasteiger partial charge in [0.05, 0.1) is 0 Å². The summed E-state index contributed by atoms with van der Waals surface area (Å²) < 4.78 is 0. The van der Waals surface area contributed by atoms with Gasteiger partial charge in [-0.25, -0.2) is 0 Å². The molecule has 0 saturated heterocycles. The van der Waals surface area contributed by atoms with E-state index in [0.717, 1.165) is 5.56 Å². The first kappa shape index (κ1) is 14.4. The van der Waals surface area contributed by atoms with Crippen LogP contribution in [0, 0.1) is 12.3 Å². The molecule has 1 aliphatic rings. The Bertz CT molecular complexity index is 433. The minimum Gasteiger partial charge on any atom is -0.0802 e. The summed E-state index contributed by atoms with van der Waals surface area (Å²) in [6.45, 7) is 8.68. The van der Waals surface area contributed by atoms with Crippen molar-refractivity contribution in [2.24, 2.45) is 5.41 Å². The molecule has 19 heavy (non-hydrogen) atoms. The molecule has 0 saturated carbocycles. The summed E-state index contributed by atoms with van der Waals surface area (Å²) in [5, 5.41) is 0. The van der Waals surface area contributed by atoms with Crippen molar-refractivity contribution < 1.29 is 0 Å². The minimum absolute atomic E-state index is 0.592. The minimum atomic E-state index is 0.592. The maximum Gasteiger partial charge on any atom is -0.0225 e. The fourth-order valence-electron chi connectivity index (χ4n) is 3.62. The van der Waals surface area contributed by atoms with Gasteiger partial charge in [-0.1, -0.05) is 57.0 Å². The molecule has 1 aliphatic carbocycles. The molecule has 1 aromatic rings. The van der Waals surface area contributed by atoms with Crippen LogP contribution in [0.2, 0.25) is 0 Å². The lowest BCUT2D eigenvalue weighted by molar-refractivity contribution is 0.213. The van der Waals surface area contributed by atoms with Gasteiger partial charge in [0, 0.05) is 0 Å². The third-order valence-corrected chi connectivity index (χ3v) is 4.56. The van der Waals surface area contributed by atoms with Crippen molar-refractivity contribution in [3.05, 3.63) is 48.4 Å². The van der Waals surface area contributed by atoms with Crippen molar-refractivity contribution >= 4 is 5.57 Å². The summed E-state index contributed by atoms with van der Waals surface area (Å²) in [7, 11) is 0. The van der Waals surface area contributed by atoms with Crippen molar-refractivity contribution in [1.29, 1.82) is 0 Å². The van der Waals surface area contributed by atoms with Crippen molar-refractivity contribution in [3.8, 4) is 0 Å². The van der Waals surface area contributed by atoms with Crippen molar-refractivity contribution in [1.82, 2.24) is 0 Å². The molecule has 103 valence electrons. The fraction of sp³-hybridized carbons (Fsp3) is 0.526. The summed E-state index contributed by atoms with van der Waals surface area (Å²) in [5.74, 6) is 0. The molecule has 0 N–H and O–H groups in total. The second-order valence-electron chi connectivity index (χ2n) is 6.13. The summed E-state index contributed by atoms with van der Waals surface area (Å²) in [6.07, 6.45) is 11.8. The Hall–Kier alpha value is -1.04. The van der Waals surface area contributed by atoms with E-state index in [-0.39, 0.29) is 0 Å². The smallest absolute Gasteiger partial charge is 0.0225 e. The van der Waals surface area contributed by atoms with Gasteiger partial charge in [-0.05, 0) is 61.1 Å². The zero-order chi connectivity index (χ0) is 13.7. The summed E-state index contributed by atoms with van der Waals surface area (Å²) in [5.41, 5.74) is 4.63. The summed E-state index contributed by atoms with van der Waals surface area (Å²) in [6, 6.07) is 8.65. The topological polar surface area (TPSA) is 0 Å². The molecule has 0 nitrogen and oxygen atoms in total. The van der Waals surface area contributed by atoms with Crippen LogP contribution in [0.4, 0.5) is 0 Å². The Labute approximate surface area is 118 Å². The lowest BCUT2D eigenvalue weighted by Gasteiger charge is -2.36. The molecule has 0 atom stereocenters. The summed E-state index contributed by atoms with van der Waals surface area (Å²) >= 11 is 0. The van der Waals surface area contributed by atoms with Crippen molar-refractivity contribution in [3.63, 3.8) is 0 Å². The highest BCUT2D eigenvalue weighted by Crippen LogP contribution is 2.45. The van der Waals surface area contributed by atoms with E-state index < -0.39 is 0 Å². The molecule has 0 heterocycles. The van der Waals surface area contributed by atoms with Gasteiger partial charge < -0.3 is 0 Å². The molecule has 0 spiro atoms. The van der Waals surface area contributed by atoms with E-state index in [1.165, 1.54) is 56.1 Å². The number of rotatable bonds is 5. The second kappa shape index (κ2) is 6.41. The Morgan fingerprint density at radius 1 is 1.16 bits per heavy atom. The van der Waals surface area contributed by atoms with Crippen LogP contribution in [-0.4, -0.2) is 0 Å². The van der Waals surface area contributed by atoms with Crippen LogP contribution in [0.25, 0.3) is 5.57 Å². The first-order chi connectivity index (χ1) is 9.19. The van der Waals surface area contributed by atoms with Gasteiger partial charge in [-0.15, -0.1) is 0 Å². The molecule has 0 bridgehead atoms. The van der Waals surface area contributed by atoms with Crippen LogP contribution in [0.1, 0.15) is 69.9 Å². The maximum atomic E-state index is 4.04. The van der Waals surface area contributed by atoms with Crippen LogP contribution in [0.3, 0.4) is 0 Å². The van der Waals surface area contributed by atoms with Crippen molar-refractivity contribution in [2.45, 2.75) is 58.8 Å². The van der Waals surface area contributed by atoms with Crippen LogP contribution in [0.5, 0.6) is 0 Å². The highest BCUT2D eigenvalue weighted by Gasteiger charge is 2.30. The Balaban J connectivity index is 2.14. The molecule has 1 aromatic carbocycles. The molecule has 0 heteroatoms. The van der Waals surface area contributed by atoms with Crippen LogP contribution < -0.4 is 0 Å². The highest BCUT2D eigenvalue weighted by molar-refractivity contribution is 5.67. The van der Waals surface area contributed by atoms with E-state index in [9.17, 15) is 0 Å². The Morgan fingerprint density at radius 3 is 2.42 bits per heavy atom. The first-order valence-corrected chi connectivity index (χ1v) is 7.80. The normalized spacial score (nSPS) is 18.2. The lowest BCUT2D eigenvalue weighted by Crippen LogP contribution is -2.22. The summed E-state index contributed by atoms with van der Waals surface area (Å²) in [4.78, 5) is 0. The predicted molar refractivity (Wildman–Crippen MR) is 85.0 cm³/mol. The SMILES string of the molecule is [CH2]c1cccc(C2=CCC(CCC)(CCC)CC2)c1. The molecule has 1 radical (unpaired) electrons. The third-order valence-electron chi connectivity index (χ3n) is 4.56. The average Bonchev–Trinajstić information content (AvgIpc) is 2.40. The van der Waals surface area contributed by atoms with Gasteiger partial charge in [-0.2, -0.15) is 0 Å². The van der Waals surface area contributed by atoms with Gasteiger partial charge in [0.1, 0.15) is 0 Å². The van der Waals surface area contributed by atoms with Crippen LogP contribution >= 0.6 is 0 Å². The molecule has 2 rings (SSSR count). The van der Waals surface area contributed by atoms with E-state index in [0.29, 0.717) is 5.41 Å². The Kier molecular flexibility index (Phi) is 4.85. The van der Waals surface area contributed by atoms with Gasteiger partial charge in [0.25, 0.3) is 0 Å². The predicted octanol–water partition coefficient (Wildman–Crippen LogP) is 6.02. The quantitative estimate of drug-likeness (QED) is 0.603. The molecule has 0 aromatic heterocycles. The molecular weight excluding hydrogens is 228 g/mol. The van der Waals surface area contributed by atoms with Crippen molar-refractivity contribution in [2.75, 3.05) is 0 Å². The maximum absolute atomic E-state index is 4.04. The fourth-order valence-corrected chi connectivity index (χ4v) is 3.62. The van der Waals surface area contributed by atoms with E-state index in [2.05, 4.69) is 51.1 Å². The zero-order valence-electron chi connectivity index (χ0n) is 12.5. The number of hydrogen-bond acceptors (Lipinski definition) is 0. The number of benzene rings is 1. The van der Waals surface area contributed by atoms with Gasteiger partial charge in [0.2, 0.25) is 0 Å². The van der Waals surface area contributed by atoms with E-state index in [1.807, 2.05) is 0 Å². The largest absolute Gasteiger partial charge is 0.0802 e. The first-order valence-electron chi connectivity index (χ1n) is 7.80. The molecule has 0 unspecified atom stereocenters. The van der Waals surface area contributed by atoms with Gasteiger partial charge in [-0.3, -0.25) is 0 Å². The highest BCUT2D eigenvalue weighted by atomic mass is 14.3. The van der Waals surface area contributed by atoms with Gasteiger partial charge >= 0.3 is 0 Å². The average molecular weight is 255 g/mol.